The normalized spacial score (nSPS) is 24.6. The monoisotopic (exact) mass is 355 g/mol. The number of guanidine groups is 1. The Labute approximate surface area is 153 Å². The highest BCUT2D eigenvalue weighted by molar-refractivity contribution is 5.80. The number of likely N-dealkylation sites (tertiary alicyclic amines) is 1. The lowest BCUT2D eigenvalue weighted by Crippen LogP contribution is -2.50. The number of aliphatic imine (C=N–C) groups is 1. The lowest BCUT2D eigenvalue weighted by atomic mass is 9.89. The maximum atomic E-state index is 6.06. The van der Waals surface area contributed by atoms with E-state index in [1.54, 1.807) is 7.11 Å². The van der Waals surface area contributed by atoms with Crippen LogP contribution in [0, 0.1) is 5.41 Å². The molecule has 25 heavy (non-hydrogen) atoms. The molecule has 0 aromatic carbocycles. The van der Waals surface area contributed by atoms with Gasteiger partial charge in [0, 0.05) is 40.4 Å². The van der Waals surface area contributed by atoms with Crippen molar-refractivity contribution in [3.05, 3.63) is 0 Å². The largest absolute Gasteiger partial charge is 0.379 e. The van der Waals surface area contributed by atoms with Gasteiger partial charge in [-0.15, -0.1) is 0 Å². The molecular formula is C19H37N3O3. The van der Waals surface area contributed by atoms with Gasteiger partial charge >= 0.3 is 0 Å². The molecule has 2 aliphatic heterocycles. The predicted molar refractivity (Wildman–Crippen MR) is 101 cm³/mol. The van der Waals surface area contributed by atoms with E-state index in [1.165, 1.54) is 6.42 Å². The van der Waals surface area contributed by atoms with Crippen molar-refractivity contribution in [2.75, 3.05) is 47.0 Å². The lowest BCUT2D eigenvalue weighted by molar-refractivity contribution is -0.0368. The van der Waals surface area contributed by atoms with Gasteiger partial charge in [0.1, 0.15) is 0 Å². The van der Waals surface area contributed by atoms with Gasteiger partial charge in [-0.1, -0.05) is 20.8 Å². The average molecular weight is 356 g/mol. The Balaban J connectivity index is 1.72. The molecular weight excluding hydrogens is 318 g/mol. The molecule has 6 heteroatoms. The topological polar surface area (TPSA) is 55.3 Å². The van der Waals surface area contributed by atoms with E-state index in [0.29, 0.717) is 12.2 Å². The molecule has 146 valence electrons. The third kappa shape index (κ3) is 6.42. The molecule has 2 atom stereocenters. The number of rotatable bonds is 6. The van der Waals surface area contributed by atoms with Crippen LogP contribution in [0.4, 0.5) is 0 Å². The fourth-order valence-electron chi connectivity index (χ4n) is 3.51. The maximum Gasteiger partial charge on any atom is 0.193 e. The Morgan fingerprint density at radius 2 is 2.00 bits per heavy atom. The molecule has 0 saturated carbocycles. The first-order chi connectivity index (χ1) is 11.9. The summed E-state index contributed by atoms with van der Waals surface area (Å²) in [7, 11) is 3.62. The molecule has 2 heterocycles. The van der Waals surface area contributed by atoms with Crippen LogP contribution in [0.5, 0.6) is 0 Å². The summed E-state index contributed by atoms with van der Waals surface area (Å²) in [4.78, 5) is 6.77. The summed E-state index contributed by atoms with van der Waals surface area (Å²) in [6.45, 7) is 11.0. The molecule has 0 bridgehead atoms. The summed E-state index contributed by atoms with van der Waals surface area (Å²) in [5, 5.41) is 3.48. The number of methoxy groups -OCH3 is 1. The number of piperidine rings is 1. The maximum absolute atomic E-state index is 6.06. The molecule has 2 fully saturated rings. The van der Waals surface area contributed by atoms with Gasteiger partial charge in [0.05, 0.1) is 24.9 Å². The van der Waals surface area contributed by atoms with Crippen molar-refractivity contribution in [2.45, 2.75) is 64.8 Å². The van der Waals surface area contributed by atoms with E-state index >= 15 is 0 Å². The van der Waals surface area contributed by atoms with Crippen molar-refractivity contribution >= 4 is 5.96 Å². The highest BCUT2D eigenvalue weighted by atomic mass is 16.5. The fourth-order valence-corrected chi connectivity index (χ4v) is 3.51. The SMILES string of the molecule is CN=C(NCC(OC)C(C)(C)C)N1CCC(OCC2CCCO2)CC1. The highest BCUT2D eigenvalue weighted by Crippen LogP contribution is 2.21. The quantitative estimate of drug-likeness (QED) is 0.585. The number of hydrogen-bond acceptors (Lipinski definition) is 4. The summed E-state index contributed by atoms with van der Waals surface area (Å²) < 4.78 is 17.3. The van der Waals surface area contributed by atoms with E-state index in [4.69, 9.17) is 14.2 Å². The van der Waals surface area contributed by atoms with Crippen molar-refractivity contribution < 1.29 is 14.2 Å². The first-order valence-corrected chi connectivity index (χ1v) is 9.65. The van der Waals surface area contributed by atoms with Gasteiger partial charge in [0.2, 0.25) is 0 Å². The molecule has 6 nitrogen and oxygen atoms in total. The smallest absolute Gasteiger partial charge is 0.193 e. The van der Waals surface area contributed by atoms with Gasteiger partial charge in [0.25, 0.3) is 0 Å². The van der Waals surface area contributed by atoms with Crippen LogP contribution in [-0.4, -0.2) is 76.2 Å². The molecule has 0 amide bonds. The zero-order valence-electron chi connectivity index (χ0n) is 16.7. The lowest BCUT2D eigenvalue weighted by Gasteiger charge is -2.36. The Bertz CT molecular complexity index is 409. The third-order valence-corrected chi connectivity index (χ3v) is 5.19. The average Bonchev–Trinajstić information content (AvgIpc) is 3.10. The zero-order valence-corrected chi connectivity index (χ0v) is 16.7. The third-order valence-electron chi connectivity index (χ3n) is 5.19. The van der Waals surface area contributed by atoms with Gasteiger partial charge in [-0.25, -0.2) is 0 Å². The second kappa shape index (κ2) is 9.74. The number of nitrogens with one attached hydrogen (secondary N) is 1. The highest BCUT2D eigenvalue weighted by Gasteiger charge is 2.27. The van der Waals surface area contributed by atoms with Crippen LogP contribution in [0.25, 0.3) is 0 Å². The van der Waals surface area contributed by atoms with Crippen LogP contribution in [0.3, 0.4) is 0 Å². The van der Waals surface area contributed by atoms with Crippen molar-refractivity contribution in [2.24, 2.45) is 10.4 Å². The van der Waals surface area contributed by atoms with Gasteiger partial charge in [-0.05, 0) is 31.1 Å². The summed E-state index contributed by atoms with van der Waals surface area (Å²) in [5.41, 5.74) is 0.101. The van der Waals surface area contributed by atoms with E-state index in [2.05, 4.69) is 36.0 Å². The first-order valence-electron chi connectivity index (χ1n) is 9.65. The van der Waals surface area contributed by atoms with Gasteiger partial charge in [-0.3, -0.25) is 4.99 Å². The molecule has 1 N–H and O–H groups in total. The van der Waals surface area contributed by atoms with Crippen LogP contribution in [0.2, 0.25) is 0 Å². The van der Waals surface area contributed by atoms with E-state index in [9.17, 15) is 0 Å². The molecule has 2 rings (SSSR count). The van der Waals surface area contributed by atoms with E-state index < -0.39 is 0 Å². The van der Waals surface area contributed by atoms with Gasteiger partial charge in [0.15, 0.2) is 5.96 Å². The molecule has 2 aliphatic rings. The summed E-state index contributed by atoms with van der Waals surface area (Å²) in [6.07, 6.45) is 5.21. The van der Waals surface area contributed by atoms with Crippen molar-refractivity contribution in [3.63, 3.8) is 0 Å². The van der Waals surface area contributed by atoms with Crippen molar-refractivity contribution in [1.82, 2.24) is 10.2 Å². The van der Waals surface area contributed by atoms with Crippen molar-refractivity contribution in [3.8, 4) is 0 Å². The molecule has 0 aliphatic carbocycles. The summed E-state index contributed by atoms with van der Waals surface area (Å²) >= 11 is 0. The van der Waals surface area contributed by atoms with E-state index in [0.717, 1.165) is 58.1 Å². The van der Waals surface area contributed by atoms with Crippen LogP contribution >= 0.6 is 0 Å². The van der Waals surface area contributed by atoms with Crippen LogP contribution in [0.15, 0.2) is 4.99 Å². The second-order valence-electron chi connectivity index (χ2n) is 8.17. The molecule has 0 aromatic rings. The first kappa shape index (κ1) is 20.5. The molecule has 0 spiro atoms. The van der Waals surface area contributed by atoms with Crippen LogP contribution in [0.1, 0.15) is 46.5 Å². The van der Waals surface area contributed by atoms with E-state index in [1.807, 2.05) is 7.05 Å². The molecule has 2 unspecified atom stereocenters. The Hall–Kier alpha value is -0.850. The van der Waals surface area contributed by atoms with Crippen LogP contribution < -0.4 is 5.32 Å². The Kier molecular flexibility index (Phi) is 7.97. The second-order valence-corrected chi connectivity index (χ2v) is 8.17. The van der Waals surface area contributed by atoms with Gasteiger partial charge < -0.3 is 24.4 Å². The minimum atomic E-state index is 0.101. The summed E-state index contributed by atoms with van der Waals surface area (Å²) in [5.74, 6) is 0.962. The molecule has 0 aromatic heterocycles. The van der Waals surface area contributed by atoms with Gasteiger partial charge in [-0.2, -0.15) is 0 Å². The van der Waals surface area contributed by atoms with Crippen molar-refractivity contribution in [1.29, 1.82) is 0 Å². The molecule has 0 radical (unpaired) electrons. The number of ether oxygens (including phenoxy) is 3. The minimum Gasteiger partial charge on any atom is -0.379 e. The fraction of sp³-hybridized carbons (Fsp3) is 0.947. The number of nitrogens with zero attached hydrogens (tertiary/aromatic N) is 2. The zero-order chi connectivity index (χ0) is 18.3. The van der Waals surface area contributed by atoms with E-state index in [-0.39, 0.29) is 11.5 Å². The Morgan fingerprint density at radius 3 is 2.52 bits per heavy atom. The standard InChI is InChI=1S/C19H37N3O3/c1-19(2,3)17(23-5)13-21-18(20-4)22-10-8-15(9-11-22)25-14-16-7-6-12-24-16/h15-17H,6-14H2,1-5H3,(H,20,21). The minimum absolute atomic E-state index is 0.101. The number of hydrogen-bond donors (Lipinski definition) is 1. The summed E-state index contributed by atoms with van der Waals surface area (Å²) in [6, 6.07) is 0. The molecule has 2 saturated heterocycles. The Morgan fingerprint density at radius 1 is 1.28 bits per heavy atom. The van der Waals surface area contributed by atoms with Crippen LogP contribution in [-0.2, 0) is 14.2 Å². The predicted octanol–water partition coefficient (Wildman–Crippen LogP) is 2.28.